The minimum atomic E-state index is -1.28. The molecule has 0 saturated heterocycles. The summed E-state index contributed by atoms with van der Waals surface area (Å²) >= 11 is 0. The highest BCUT2D eigenvalue weighted by molar-refractivity contribution is 4.97. The topological polar surface area (TPSA) is 40.5 Å². The van der Waals surface area contributed by atoms with Crippen molar-refractivity contribution in [1.29, 1.82) is 0 Å². The average molecular weight is 116 g/mol. The molecule has 0 aliphatic heterocycles. The molecule has 0 aromatic rings. The van der Waals surface area contributed by atoms with Crippen LogP contribution in [0.3, 0.4) is 0 Å². The molecule has 0 heterocycles. The zero-order valence-electron chi connectivity index (χ0n) is 5.26. The smallest absolute Gasteiger partial charge is 0.171 e. The molecular weight excluding hydrogens is 104 g/mol. The van der Waals surface area contributed by atoms with Gasteiger partial charge in [0.25, 0.3) is 0 Å². The van der Waals surface area contributed by atoms with E-state index in [0.717, 1.165) is 12.0 Å². The van der Waals surface area contributed by atoms with E-state index in [9.17, 15) is 0 Å². The van der Waals surface area contributed by atoms with Gasteiger partial charge in [-0.25, -0.2) is 0 Å². The summed E-state index contributed by atoms with van der Waals surface area (Å²) in [5.74, 6) is 0. The molecule has 2 heteroatoms. The molecule has 0 fully saturated rings. The van der Waals surface area contributed by atoms with Crippen LogP contribution in [0, 0.1) is 0 Å². The van der Waals surface area contributed by atoms with Gasteiger partial charge in [0.2, 0.25) is 0 Å². The molecule has 48 valence electrons. The number of aliphatic hydroxyl groups is 2. The van der Waals surface area contributed by atoms with Gasteiger partial charge in [0.15, 0.2) is 6.29 Å². The van der Waals surface area contributed by atoms with Crippen LogP contribution in [0.1, 0.15) is 20.3 Å². The van der Waals surface area contributed by atoms with Crippen LogP contribution in [0.5, 0.6) is 0 Å². The van der Waals surface area contributed by atoms with Gasteiger partial charge >= 0.3 is 0 Å². The lowest BCUT2D eigenvalue weighted by atomic mass is 10.2. The summed E-state index contributed by atoms with van der Waals surface area (Å²) in [7, 11) is 0. The van der Waals surface area contributed by atoms with Crippen LogP contribution >= 0.6 is 0 Å². The second-order valence-electron chi connectivity index (χ2n) is 1.78. The summed E-state index contributed by atoms with van der Waals surface area (Å²) in [5.41, 5.74) is 1.00. The summed E-state index contributed by atoms with van der Waals surface area (Å²) < 4.78 is 0. The molecule has 0 aromatic heterocycles. The normalized spacial score (nSPS) is 12.9. The molecule has 0 spiro atoms. The van der Waals surface area contributed by atoms with Crippen molar-refractivity contribution < 1.29 is 10.2 Å². The predicted molar refractivity (Wildman–Crippen MR) is 32.3 cm³/mol. The minimum absolute atomic E-state index is 0.873. The summed E-state index contributed by atoms with van der Waals surface area (Å²) in [6.45, 7) is 3.83. The maximum Gasteiger partial charge on any atom is 0.171 e. The molecule has 8 heavy (non-hydrogen) atoms. The predicted octanol–water partition coefficient (Wildman–Crippen LogP) is 0.653. The van der Waals surface area contributed by atoms with Gasteiger partial charge in [-0.05, 0) is 19.4 Å². The fourth-order valence-corrected chi connectivity index (χ4v) is 0.372. The van der Waals surface area contributed by atoms with Crippen molar-refractivity contribution in [1.82, 2.24) is 0 Å². The first-order chi connectivity index (χ1) is 3.66. The summed E-state index contributed by atoms with van der Waals surface area (Å²) in [6.07, 6.45) is 1.01. The van der Waals surface area contributed by atoms with Crippen molar-refractivity contribution in [3.63, 3.8) is 0 Å². The minimum Gasteiger partial charge on any atom is -0.365 e. The van der Waals surface area contributed by atoms with Crippen molar-refractivity contribution in [3.05, 3.63) is 11.6 Å². The van der Waals surface area contributed by atoms with Crippen molar-refractivity contribution in [2.24, 2.45) is 0 Å². The highest BCUT2D eigenvalue weighted by Crippen LogP contribution is 1.97. The Balaban J connectivity index is 3.56. The van der Waals surface area contributed by atoms with Gasteiger partial charge < -0.3 is 10.2 Å². The lowest BCUT2D eigenvalue weighted by Gasteiger charge is -1.96. The van der Waals surface area contributed by atoms with E-state index in [0.29, 0.717) is 0 Å². The molecule has 0 aromatic carbocycles. The quantitative estimate of drug-likeness (QED) is 0.411. The monoisotopic (exact) mass is 116 g/mol. The second-order valence-corrected chi connectivity index (χ2v) is 1.78. The second kappa shape index (κ2) is 3.64. The maximum absolute atomic E-state index is 8.33. The Hall–Kier alpha value is -0.340. The molecule has 0 unspecified atom stereocenters. The largest absolute Gasteiger partial charge is 0.365 e. The Bertz CT molecular complexity index is 84.5. The molecule has 0 aliphatic rings. The number of allylic oxidation sites excluding steroid dienone is 1. The Morgan fingerprint density at radius 2 is 2.12 bits per heavy atom. The first kappa shape index (κ1) is 7.66. The first-order valence-electron chi connectivity index (χ1n) is 2.70. The Morgan fingerprint density at radius 1 is 1.62 bits per heavy atom. The summed E-state index contributed by atoms with van der Waals surface area (Å²) in [5, 5.41) is 16.7. The number of hydrogen-bond donors (Lipinski definition) is 2. The average Bonchev–Trinajstić information content (AvgIpc) is 1.65. The Morgan fingerprint density at radius 3 is 2.25 bits per heavy atom. The lowest BCUT2D eigenvalue weighted by molar-refractivity contribution is 0.00166. The van der Waals surface area contributed by atoms with Crippen LogP contribution in [-0.2, 0) is 0 Å². The van der Waals surface area contributed by atoms with Gasteiger partial charge in [-0.1, -0.05) is 12.5 Å². The van der Waals surface area contributed by atoms with Gasteiger partial charge in [0.05, 0.1) is 0 Å². The highest BCUT2D eigenvalue weighted by atomic mass is 16.5. The van der Waals surface area contributed by atoms with Gasteiger partial charge in [-0.15, -0.1) is 0 Å². The van der Waals surface area contributed by atoms with Crippen LogP contribution in [0.25, 0.3) is 0 Å². The van der Waals surface area contributed by atoms with Gasteiger partial charge in [0, 0.05) is 0 Å². The number of aliphatic hydroxyl groups excluding tert-OH is 1. The highest BCUT2D eigenvalue weighted by Gasteiger charge is 1.89. The van der Waals surface area contributed by atoms with Crippen molar-refractivity contribution in [2.45, 2.75) is 26.6 Å². The summed E-state index contributed by atoms with van der Waals surface area (Å²) in [6, 6.07) is 0. The molecule has 0 aliphatic carbocycles. The molecule has 0 rings (SSSR count). The van der Waals surface area contributed by atoms with E-state index in [2.05, 4.69) is 0 Å². The fourth-order valence-electron chi connectivity index (χ4n) is 0.372. The third-order valence-electron chi connectivity index (χ3n) is 0.991. The van der Waals surface area contributed by atoms with Crippen LogP contribution in [0.4, 0.5) is 0 Å². The molecule has 0 amide bonds. The molecular formula is C6H12O2. The third kappa shape index (κ3) is 3.84. The molecule has 0 atom stereocenters. The van der Waals surface area contributed by atoms with E-state index in [1.54, 1.807) is 0 Å². The lowest BCUT2D eigenvalue weighted by Crippen LogP contribution is -1.98. The van der Waals surface area contributed by atoms with E-state index in [-0.39, 0.29) is 0 Å². The molecule has 0 radical (unpaired) electrons. The zero-order valence-corrected chi connectivity index (χ0v) is 5.26. The Kier molecular flexibility index (Phi) is 3.48. The molecule has 0 saturated carbocycles. The number of rotatable bonds is 2. The van der Waals surface area contributed by atoms with Crippen LogP contribution in [0.2, 0.25) is 0 Å². The SMILES string of the molecule is CCC(C)=CC(O)O. The van der Waals surface area contributed by atoms with Crippen molar-refractivity contribution in [3.8, 4) is 0 Å². The number of hydrogen-bond acceptors (Lipinski definition) is 2. The molecule has 2 N–H and O–H groups in total. The van der Waals surface area contributed by atoms with Gasteiger partial charge in [0.1, 0.15) is 0 Å². The zero-order chi connectivity index (χ0) is 6.57. The standard InChI is InChI=1S/C6H12O2/c1-3-5(2)4-6(7)8/h4,6-8H,3H2,1-2H3. The van der Waals surface area contributed by atoms with Gasteiger partial charge in [-0.2, -0.15) is 0 Å². The van der Waals surface area contributed by atoms with E-state index >= 15 is 0 Å². The van der Waals surface area contributed by atoms with Gasteiger partial charge in [-0.3, -0.25) is 0 Å². The van der Waals surface area contributed by atoms with E-state index in [1.807, 2.05) is 13.8 Å². The summed E-state index contributed by atoms with van der Waals surface area (Å²) in [4.78, 5) is 0. The van der Waals surface area contributed by atoms with E-state index < -0.39 is 6.29 Å². The van der Waals surface area contributed by atoms with E-state index in [1.165, 1.54) is 6.08 Å². The van der Waals surface area contributed by atoms with Crippen LogP contribution in [0.15, 0.2) is 11.6 Å². The maximum atomic E-state index is 8.33. The molecule has 2 nitrogen and oxygen atoms in total. The first-order valence-corrected chi connectivity index (χ1v) is 2.70. The van der Waals surface area contributed by atoms with Crippen molar-refractivity contribution >= 4 is 0 Å². The van der Waals surface area contributed by atoms with E-state index in [4.69, 9.17) is 10.2 Å². The fraction of sp³-hybridized carbons (Fsp3) is 0.667. The third-order valence-corrected chi connectivity index (χ3v) is 0.991. The van der Waals surface area contributed by atoms with Crippen molar-refractivity contribution in [2.75, 3.05) is 0 Å². The van der Waals surface area contributed by atoms with Crippen LogP contribution < -0.4 is 0 Å². The Labute approximate surface area is 49.5 Å². The molecule has 0 bridgehead atoms. The van der Waals surface area contributed by atoms with Crippen LogP contribution in [-0.4, -0.2) is 16.5 Å².